The van der Waals surface area contributed by atoms with Crippen molar-refractivity contribution in [1.29, 1.82) is 0 Å². The zero-order valence-electron chi connectivity index (χ0n) is 13.7. The summed E-state index contributed by atoms with van der Waals surface area (Å²) in [4.78, 5) is 24.8. The van der Waals surface area contributed by atoms with E-state index in [1.165, 1.54) is 30.4 Å². The van der Waals surface area contributed by atoms with Crippen LogP contribution in [0.5, 0.6) is 0 Å². The van der Waals surface area contributed by atoms with Gasteiger partial charge in [0.1, 0.15) is 18.5 Å². The van der Waals surface area contributed by atoms with Gasteiger partial charge in [0.2, 0.25) is 12.0 Å². The lowest BCUT2D eigenvalue weighted by Gasteiger charge is -2.27. The zero-order valence-corrected chi connectivity index (χ0v) is 13.7. The molecule has 0 aromatic carbocycles. The average molecular weight is 356 g/mol. The summed E-state index contributed by atoms with van der Waals surface area (Å²) in [6.45, 7) is -0.305. The molecule has 0 bridgehead atoms. The lowest BCUT2D eigenvalue weighted by molar-refractivity contribution is -0.885. The number of hydrogen-bond acceptors (Lipinski definition) is 6. The molecule has 0 saturated heterocycles. The maximum atomic E-state index is 14.4. The van der Waals surface area contributed by atoms with Gasteiger partial charge in [-0.2, -0.15) is 8.78 Å². The summed E-state index contributed by atoms with van der Waals surface area (Å²) in [5.41, 5.74) is 4.86. The van der Waals surface area contributed by atoms with Crippen LogP contribution in [0.15, 0.2) is 34.9 Å². The normalized spacial score (nSPS) is 20.2. The number of carbonyl (C=O) groups is 1. The number of hydrogen-bond donors (Lipinski definition) is 3. The fraction of sp³-hybridized carbons (Fsp3) is 0.467. The number of rotatable bonds is 5. The third-order valence-electron chi connectivity index (χ3n) is 3.62. The molecular weight excluding hydrogens is 336 g/mol. The van der Waals surface area contributed by atoms with Gasteiger partial charge in [0.25, 0.3) is 18.0 Å². The summed E-state index contributed by atoms with van der Waals surface area (Å²) in [6, 6.07) is 0. The van der Waals surface area contributed by atoms with Gasteiger partial charge < -0.3 is 16.2 Å². The molecule has 1 aliphatic carbocycles. The lowest BCUT2D eigenvalue weighted by Crippen LogP contribution is -2.40. The van der Waals surface area contributed by atoms with Crippen molar-refractivity contribution in [3.63, 3.8) is 0 Å². The van der Waals surface area contributed by atoms with Crippen molar-refractivity contribution in [2.24, 2.45) is 10.7 Å². The van der Waals surface area contributed by atoms with E-state index < -0.39 is 24.0 Å². The standard InChI is InChI=1S/C15H19F2N5O3/c1-25-22-7-5-19-11(9-22)21-13-10(3-2-4-15(13,16)17)12(18)14(24)20-6-8-23/h5,7,9,23H,2-4,6,8H2,1H3,(H2-,18,19,20,21,24)/p+1. The molecule has 1 heterocycles. The second-order valence-corrected chi connectivity index (χ2v) is 5.35. The minimum atomic E-state index is -3.23. The number of aromatic nitrogens is 2. The van der Waals surface area contributed by atoms with Gasteiger partial charge >= 0.3 is 0 Å². The Labute approximate surface area is 143 Å². The Balaban J connectivity index is 2.46. The van der Waals surface area contributed by atoms with Gasteiger partial charge in [0.05, 0.1) is 12.8 Å². The summed E-state index contributed by atoms with van der Waals surface area (Å²) in [5.74, 6) is -3.95. The molecule has 0 atom stereocenters. The highest BCUT2D eigenvalue weighted by atomic mass is 19.3. The molecule has 0 spiro atoms. The number of nitrogens with one attached hydrogen (secondary N) is 1. The second kappa shape index (κ2) is 7.97. The second-order valence-electron chi connectivity index (χ2n) is 5.35. The van der Waals surface area contributed by atoms with Gasteiger partial charge in [0, 0.05) is 23.3 Å². The van der Waals surface area contributed by atoms with Crippen molar-refractivity contribution in [2.75, 3.05) is 20.3 Å². The van der Waals surface area contributed by atoms with E-state index in [1.54, 1.807) is 0 Å². The van der Waals surface area contributed by atoms with Crippen LogP contribution in [0, 0.1) is 0 Å². The summed E-state index contributed by atoms with van der Waals surface area (Å²) in [7, 11) is 1.40. The molecule has 8 nitrogen and oxygen atoms in total. The van der Waals surface area contributed by atoms with E-state index in [4.69, 9.17) is 15.7 Å². The number of amides is 1. The maximum absolute atomic E-state index is 14.4. The van der Waals surface area contributed by atoms with Crippen LogP contribution in [0.4, 0.5) is 14.6 Å². The minimum absolute atomic E-state index is 0.00184. The van der Waals surface area contributed by atoms with E-state index in [0.29, 0.717) is 0 Å². The van der Waals surface area contributed by atoms with Crippen molar-refractivity contribution >= 4 is 17.4 Å². The van der Waals surface area contributed by atoms with Gasteiger partial charge in [-0.15, -0.1) is 0 Å². The molecule has 136 valence electrons. The molecule has 1 fully saturated rings. The number of halogens is 2. The Morgan fingerprint density at radius 1 is 1.60 bits per heavy atom. The molecule has 1 amide bonds. The molecule has 2 rings (SSSR count). The quantitative estimate of drug-likeness (QED) is 0.493. The lowest BCUT2D eigenvalue weighted by atomic mass is 9.88. The van der Waals surface area contributed by atoms with Gasteiger partial charge in [-0.3, -0.25) is 9.63 Å². The first-order valence-corrected chi connectivity index (χ1v) is 7.66. The van der Waals surface area contributed by atoms with Gasteiger partial charge in [-0.1, -0.05) is 0 Å². The Bertz CT molecular complexity index is 706. The van der Waals surface area contributed by atoms with Crippen molar-refractivity contribution in [1.82, 2.24) is 10.3 Å². The summed E-state index contributed by atoms with van der Waals surface area (Å²) in [6.07, 6.45) is 4.15. The summed E-state index contributed by atoms with van der Waals surface area (Å²) in [5, 5.41) is 11.1. The number of alkyl halides is 2. The molecule has 10 heteroatoms. The first kappa shape index (κ1) is 18.7. The van der Waals surface area contributed by atoms with Crippen LogP contribution in [0.2, 0.25) is 0 Å². The van der Waals surface area contributed by atoms with E-state index in [9.17, 15) is 13.6 Å². The molecule has 0 aliphatic heterocycles. The van der Waals surface area contributed by atoms with E-state index in [2.05, 4.69) is 15.3 Å². The molecular formula is C15H20F2N5O3+. The van der Waals surface area contributed by atoms with Crippen molar-refractivity contribution in [3.8, 4) is 0 Å². The van der Waals surface area contributed by atoms with Crippen molar-refractivity contribution in [2.45, 2.75) is 25.2 Å². The maximum Gasteiger partial charge on any atom is 0.290 e. The number of aliphatic hydroxyl groups is 1. The van der Waals surface area contributed by atoms with Crippen LogP contribution in [-0.4, -0.2) is 47.9 Å². The first-order chi connectivity index (χ1) is 11.9. The Morgan fingerprint density at radius 2 is 2.36 bits per heavy atom. The Kier molecular flexibility index (Phi) is 5.97. The highest BCUT2D eigenvalue weighted by Crippen LogP contribution is 2.36. The summed E-state index contributed by atoms with van der Waals surface area (Å²) >= 11 is 0. The van der Waals surface area contributed by atoms with Gasteiger partial charge in [0.15, 0.2) is 0 Å². The third-order valence-corrected chi connectivity index (χ3v) is 3.62. The molecule has 0 radical (unpaired) electrons. The Morgan fingerprint density at radius 3 is 3.04 bits per heavy atom. The van der Waals surface area contributed by atoms with Crippen molar-refractivity contribution in [3.05, 3.63) is 29.9 Å². The number of nitrogens with zero attached hydrogens (tertiary/aromatic N) is 3. The monoisotopic (exact) mass is 356 g/mol. The molecule has 0 unspecified atom stereocenters. The smallest absolute Gasteiger partial charge is 0.290 e. The minimum Gasteiger partial charge on any atom is -0.395 e. The first-order valence-electron chi connectivity index (χ1n) is 7.66. The van der Waals surface area contributed by atoms with E-state index in [-0.39, 0.29) is 43.1 Å². The fourth-order valence-corrected chi connectivity index (χ4v) is 2.41. The molecule has 25 heavy (non-hydrogen) atoms. The highest BCUT2D eigenvalue weighted by molar-refractivity contribution is 6.12. The van der Waals surface area contributed by atoms with E-state index in [1.807, 2.05) is 0 Å². The third kappa shape index (κ3) is 4.47. The molecule has 1 aromatic rings. The molecule has 1 aliphatic rings. The highest BCUT2D eigenvalue weighted by Gasteiger charge is 2.42. The van der Waals surface area contributed by atoms with Gasteiger partial charge in [-0.25, -0.2) is 9.98 Å². The number of aliphatic hydroxyl groups excluding tert-OH is 1. The van der Waals surface area contributed by atoms with Crippen LogP contribution in [0.3, 0.4) is 0 Å². The van der Waals surface area contributed by atoms with E-state index >= 15 is 0 Å². The predicted molar refractivity (Wildman–Crippen MR) is 84.1 cm³/mol. The van der Waals surface area contributed by atoms with Crippen LogP contribution in [0.25, 0.3) is 0 Å². The number of carbonyl (C=O) groups excluding carboxylic acids is 1. The summed E-state index contributed by atoms with van der Waals surface area (Å²) < 4.78 is 30.1. The fourth-order valence-electron chi connectivity index (χ4n) is 2.41. The van der Waals surface area contributed by atoms with Crippen molar-refractivity contribution < 1.29 is 28.2 Å². The van der Waals surface area contributed by atoms with E-state index in [0.717, 1.165) is 0 Å². The zero-order chi connectivity index (χ0) is 18.4. The molecule has 1 saturated carbocycles. The van der Waals surface area contributed by atoms with Crippen LogP contribution >= 0.6 is 0 Å². The van der Waals surface area contributed by atoms with Crippen LogP contribution in [0.1, 0.15) is 19.3 Å². The molecule has 4 N–H and O–H groups in total. The Hall–Kier alpha value is -2.62. The predicted octanol–water partition coefficient (Wildman–Crippen LogP) is -0.359. The van der Waals surface area contributed by atoms with Crippen LogP contribution in [-0.2, 0) is 4.79 Å². The SMILES string of the molecule is CO[n+]1ccnc(N=C2C(=C(N)C(=O)NCCO)CCCC2(F)F)c1. The van der Waals surface area contributed by atoms with Gasteiger partial charge in [-0.05, 0) is 12.8 Å². The molecule has 1 aromatic heterocycles. The van der Waals surface area contributed by atoms with Crippen LogP contribution < -0.4 is 20.6 Å². The topological polar surface area (TPSA) is 114 Å². The largest absolute Gasteiger partial charge is 0.395 e. The number of allylic oxidation sites excluding steroid dienone is 1. The number of aliphatic imine (C=N–C) groups is 1. The average Bonchev–Trinajstić information content (AvgIpc) is 2.60. The number of nitrogens with two attached hydrogens (primary N) is 1.